The number of carbonyl (C=O) groups is 1. The van der Waals surface area contributed by atoms with Crippen molar-refractivity contribution in [1.29, 1.82) is 0 Å². The molecular weight excluding hydrogens is 234 g/mol. The Bertz CT molecular complexity index is 481. The molecule has 1 aromatic rings. The largest absolute Gasteiger partial charge is 0.324 e. The molecule has 0 aliphatic carbocycles. The maximum absolute atomic E-state index is 11.9. The molecule has 2 rings (SSSR count). The van der Waals surface area contributed by atoms with Gasteiger partial charge in [0.15, 0.2) is 0 Å². The molecular formula is C12H15N3O3. The van der Waals surface area contributed by atoms with Crippen molar-refractivity contribution in [3.8, 4) is 0 Å². The number of nitro benzene ring substituents is 1. The number of aryl methyl sites for hydroxylation is 1. The number of benzene rings is 1. The number of non-ortho nitro benzene ring substituents is 1. The Morgan fingerprint density at radius 1 is 1.56 bits per heavy atom. The van der Waals surface area contributed by atoms with Gasteiger partial charge in [-0.05, 0) is 31.9 Å². The minimum absolute atomic E-state index is 0.0183. The molecule has 1 aliphatic heterocycles. The predicted octanol–water partition coefficient (Wildman–Crippen LogP) is 1.59. The molecule has 0 spiro atoms. The molecule has 1 saturated heterocycles. The van der Waals surface area contributed by atoms with E-state index in [0.717, 1.165) is 24.9 Å². The van der Waals surface area contributed by atoms with Crippen LogP contribution < -0.4 is 10.6 Å². The Morgan fingerprint density at radius 2 is 2.33 bits per heavy atom. The van der Waals surface area contributed by atoms with Gasteiger partial charge in [-0.1, -0.05) is 6.07 Å². The van der Waals surface area contributed by atoms with E-state index in [-0.39, 0.29) is 17.6 Å². The van der Waals surface area contributed by atoms with E-state index in [4.69, 9.17) is 0 Å². The Balaban J connectivity index is 2.14. The van der Waals surface area contributed by atoms with Crippen molar-refractivity contribution in [3.63, 3.8) is 0 Å². The summed E-state index contributed by atoms with van der Waals surface area (Å²) in [7, 11) is 0. The van der Waals surface area contributed by atoms with Crippen LogP contribution in [0.15, 0.2) is 18.2 Å². The third kappa shape index (κ3) is 2.65. The molecule has 1 aliphatic rings. The molecule has 1 unspecified atom stereocenters. The fraction of sp³-hybridized carbons (Fsp3) is 0.417. The van der Waals surface area contributed by atoms with E-state index in [1.54, 1.807) is 13.0 Å². The number of carbonyl (C=O) groups excluding carboxylic acids is 1. The normalized spacial score (nSPS) is 18.6. The van der Waals surface area contributed by atoms with E-state index in [2.05, 4.69) is 10.6 Å². The monoisotopic (exact) mass is 249 g/mol. The van der Waals surface area contributed by atoms with Gasteiger partial charge in [0, 0.05) is 12.1 Å². The van der Waals surface area contributed by atoms with E-state index in [1.807, 2.05) is 0 Å². The van der Waals surface area contributed by atoms with Crippen LogP contribution in [-0.4, -0.2) is 23.4 Å². The number of nitrogens with one attached hydrogen (secondary N) is 2. The number of anilines is 1. The summed E-state index contributed by atoms with van der Waals surface area (Å²) in [6.07, 6.45) is 1.78. The minimum Gasteiger partial charge on any atom is -0.324 e. The highest BCUT2D eigenvalue weighted by molar-refractivity contribution is 5.95. The highest BCUT2D eigenvalue weighted by Crippen LogP contribution is 2.22. The summed E-state index contributed by atoms with van der Waals surface area (Å²) in [4.78, 5) is 22.1. The van der Waals surface area contributed by atoms with E-state index >= 15 is 0 Å². The Hall–Kier alpha value is -1.95. The van der Waals surface area contributed by atoms with Gasteiger partial charge in [0.2, 0.25) is 5.91 Å². The van der Waals surface area contributed by atoms with Crippen molar-refractivity contribution < 1.29 is 9.72 Å². The summed E-state index contributed by atoms with van der Waals surface area (Å²) < 4.78 is 0. The zero-order valence-corrected chi connectivity index (χ0v) is 10.1. The maximum atomic E-state index is 11.9. The van der Waals surface area contributed by atoms with Crippen LogP contribution in [0.1, 0.15) is 18.4 Å². The van der Waals surface area contributed by atoms with Crippen LogP contribution >= 0.6 is 0 Å². The summed E-state index contributed by atoms with van der Waals surface area (Å²) in [5, 5.41) is 16.5. The van der Waals surface area contributed by atoms with Crippen molar-refractivity contribution >= 4 is 17.3 Å². The molecule has 1 fully saturated rings. The maximum Gasteiger partial charge on any atom is 0.271 e. The van der Waals surface area contributed by atoms with Crippen LogP contribution in [-0.2, 0) is 4.79 Å². The first kappa shape index (κ1) is 12.5. The second-order valence-corrected chi connectivity index (χ2v) is 4.39. The highest BCUT2D eigenvalue weighted by atomic mass is 16.6. The number of hydrogen-bond acceptors (Lipinski definition) is 4. The SMILES string of the molecule is Cc1ccc([N+](=O)[O-])cc1NC(=O)C1CCCN1. The lowest BCUT2D eigenvalue weighted by atomic mass is 10.1. The standard InChI is InChI=1S/C12H15N3O3/c1-8-4-5-9(15(17)18)7-11(8)14-12(16)10-3-2-6-13-10/h4-5,7,10,13H,2-3,6H2,1H3,(H,14,16). The highest BCUT2D eigenvalue weighted by Gasteiger charge is 2.22. The van der Waals surface area contributed by atoms with Gasteiger partial charge in [-0.2, -0.15) is 0 Å². The van der Waals surface area contributed by atoms with Gasteiger partial charge in [-0.3, -0.25) is 14.9 Å². The van der Waals surface area contributed by atoms with Crippen LogP contribution in [0.3, 0.4) is 0 Å². The molecule has 6 heteroatoms. The van der Waals surface area contributed by atoms with Crippen LogP contribution in [0, 0.1) is 17.0 Å². The summed E-state index contributed by atoms with van der Waals surface area (Å²) in [5.74, 6) is -0.129. The summed E-state index contributed by atoms with van der Waals surface area (Å²) in [6.45, 7) is 2.65. The number of hydrogen-bond donors (Lipinski definition) is 2. The molecule has 0 bridgehead atoms. The van der Waals surface area contributed by atoms with Crippen LogP contribution in [0.25, 0.3) is 0 Å². The lowest BCUT2D eigenvalue weighted by Gasteiger charge is -2.12. The zero-order chi connectivity index (χ0) is 13.1. The van der Waals surface area contributed by atoms with Crippen molar-refractivity contribution in [2.24, 2.45) is 0 Å². The fourth-order valence-corrected chi connectivity index (χ4v) is 1.99. The lowest BCUT2D eigenvalue weighted by Crippen LogP contribution is -2.35. The van der Waals surface area contributed by atoms with E-state index in [9.17, 15) is 14.9 Å². The van der Waals surface area contributed by atoms with Gasteiger partial charge in [0.05, 0.1) is 16.7 Å². The number of rotatable bonds is 3. The van der Waals surface area contributed by atoms with Crippen LogP contribution in [0.2, 0.25) is 0 Å². The van der Waals surface area contributed by atoms with Gasteiger partial charge >= 0.3 is 0 Å². The molecule has 96 valence electrons. The molecule has 1 amide bonds. The molecule has 2 N–H and O–H groups in total. The molecule has 1 atom stereocenters. The Kier molecular flexibility index (Phi) is 3.57. The average molecular weight is 249 g/mol. The van der Waals surface area contributed by atoms with E-state index in [0.29, 0.717) is 5.69 Å². The molecule has 0 saturated carbocycles. The number of nitrogens with zero attached hydrogens (tertiary/aromatic N) is 1. The molecule has 18 heavy (non-hydrogen) atoms. The average Bonchev–Trinajstić information content (AvgIpc) is 2.85. The topological polar surface area (TPSA) is 84.3 Å². The first-order valence-corrected chi connectivity index (χ1v) is 5.87. The van der Waals surface area contributed by atoms with Gasteiger partial charge in [-0.25, -0.2) is 0 Å². The Labute approximate surface area is 105 Å². The van der Waals surface area contributed by atoms with E-state index in [1.165, 1.54) is 12.1 Å². The minimum atomic E-state index is -0.469. The molecule has 6 nitrogen and oxygen atoms in total. The van der Waals surface area contributed by atoms with Gasteiger partial charge in [-0.15, -0.1) is 0 Å². The zero-order valence-electron chi connectivity index (χ0n) is 10.1. The summed E-state index contributed by atoms with van der Waals surface area (Å²) >= 11 is 0. The summed E-state index contributed by atoms with van der Waals surface area (Å²) in [5.41, 5.74) is 1.30. The van der Waals surface area contributed by atoms with Crippen molar-refractivity contribution in [1.82, 2.24) is 5.32 Å². The van der Waals surface area contributed by atoms with Gasteiger partial charge in [0.1, 0.15) is 0 Å². The predicted molar refractivity (Wildman–Crippen MR) is 67.5 cm³/mol. The number of nitro groups is 1. The van der Waals surface area contributed by atoms with Crippen molar-refractivity contribution in [2.75, 3.05) is 11.9 Å². The first-order chi connectivity index (χ1) is 8.58. The number of amides is 1. The van der Waals surface area contributed by atoms with Crippen molar-refractivity contribution in [2.45, 2.75) is 25.8 Å². The Morgan fingerprint density at radius 3 is 2.94 bits per heavy atom. The quantitative estimate of drug-likeness (QED) is 0.629. The van der Waals surface area contributed by atoms with E-state index < -0.39 is 4.92 Å². The third-order valence-corrected chi connectivity index (χ3v) is 3.07. The smallest absolute Gasteiger partial charge is 0.271 e. The molecule has 1 heterocycles. The second-order valence-electron chi connectivity index (χ2n) is 4.39. The van der Waals surface area contributed by atoms with Gasteiger partial charge in [0.25, 0.3) is 5.69 Å². The fourth-order valence-electron chi connectivity index (χ4n) is 1.99. The van der Waals surface area contributed by atoms with Crippen LogP contribution in [0.4, 0.5) is 11.4 Å². The summed E-state index contributed by atoms with van der Waals surface area (Å²) in [6, 6.07) is 4.26. The lowest BCUT2D eigenvalue weighted by molar-refractivity contribution is -0.384. The molecule has 0 aromatic heterocycles. The second kappa shape index (κ2) is 5.14. The van der Waals surface area contributed by atoms with Crippen molar-refractivity contribution in [3.05, 3.63) is 33.9 Å². The molecule has 1 aromatic carbocycles. The molecule has 0 radical (unpaired) electrons. The van der Waals surface area contributed by atoms with Gasteiger partial charge < -0.3 is 10.6 Å². The van der Waals surface area contributed by atoms with Crippen LogP contribution in [0.5, 0.6) is 0 Å². The first-order valence-electron chi connectivity index (χ1n) is 5.87. The third-order valence-electron chi connectivity index (χ3n) is 3.07.